The predicted octanol–water partition coefficient (Wildman–Crippen LogP) is 1.81. The molecule has 2 aromatic heterocycles. The number of pyridine rings is 1. The van der Waals surface area contributed by atoms with Crippen molar-refractivity contribution >= 4 is 0 Å². The Morgan fingerprint density at radius 1 is 1.28 bits per heavy atom. The third kappa shape index (κ3) is 4.33. The van der Waals surface area contributed by atoms with Crippen molar-refractivity contribution in [1.82, 2.24) is 20.0 Å². The zero-order valence-corrected chi connectivity index (χ0v) is 14.9. The van der Waals surface area contributed by atoms with E-state index < -0.39 is 11.9 Å². The second kappa shape index (κ2) is 7.07. The molecule has 2 atom stereocenters. The number of rotatable bonds is 4. The van der Waals surface area contributed by atoms with Gasteiger partial charge >= 0.3 is 0 Å². The van der Waals surface area contributed by atoms with Crippen LogP contribution in [0.25, 0.3) is 11.3 Å². The van der Waals surface area contributed by atoms with Gasteiger partial charge in [-0.3, -0.25) is 0 Å². The van der Waals surface area contributed by atoms with Crippen molar-refractivity contribution in [3.63, 3.8) is 0 Å². The number of hydrogen-bond donors (Lipinski definition) is 1. The van der Waals surface area contributed by atoms with Gasteiger partial charge in [-0.05, 0) is 33.8 Å². The molecule has 0 amide bonds. The van der Waals surface area contributed by atoms with Crippen LogP contribution in [-0.2, 0) is 9.47 Å². The molecule has 0 bridgehead atoms. The molecule has 0 aliphatic carbocycles. The highest BCUT2D eigenvalue weighted by Gasteiger charge is 2.33. The van der Waals surface area contributed by atoms with Gasteiger partial charge in [0.15, 0.2) is 5.79 Å². The average molecular weight is 348 g/mol. The number of aliphatic hydroxyl groups excluding tert-OH is 1. The summed E-state index contributed by atoms with van der Waals surface area (Å²) in [5.74, 6) is -0.159. The van der Waals surface area contributed by atoms with Gasteiger partial charge in [-0.1, -0.05) is 5.21 Å². The molecule has 25 heavy (non-hydrogen) atoms. The first-order valence-electron chi connectivity index (χ1n) is 8.35. The molecule has 1 saturated heterocycles. The van der Waals surface area contributed by atoms with E-state index >= 15 is 0 Å². The van der Waals surface area contributed by atoms with Crippen LogP contribution in [0.3, 0.4) is 0 Å². The molecule has 0 aromatic carbocycles. The lowest BCUT2D eigenvalue weighted by molar-refractivity contribution is -0.204. The van der Waals surface area contributed by atoms with E-state index in [0.29, 0.717) is 11.6 Å². The summed E-state index contributed by atoms with van der Waals surface area (Å²) in [6.45, 7) is 8.01. The van der Waals surface area contributed by atoms with Gasteiger partial charge in [0.25, 0.3) is 0 Å². The molecule has 3 heterocycles. The van der Waals surface area contributed by atoms with E-state index in [4.69, 9.17) is 14.2 Å². The molecule has 0 saturated carbocycles. The lowest BCUT2D eigenvalue weighted by Crippen LogP contribution is -2.29. The van der Waals surface area contributed by atoms with Crippen LogP contribution < -0.4 is 4.74 Å². The summed E-state index contributed by atoms with van der Waals surface area (Å²) in [4.78, 5) is 4.27. The third-order valence-electron chi connectivity index (χ3n) is 3.89. The van der Waals surface area contributed by atoms with Crippen molar-refractivity contribution < 1.29 is 19.3 Å². The number of aromatic nitrogens is 4. The van der Waals surface area contributed by atoms with E-state index in [9.17, 15) is 5.11 Å². The van der Waals surface area contributed by atoms with E-state index in [-0.39, 0.29) is 25.4 Å². The molecule has 1 aliphatic heterocycles. The minimum atomic E-state index is -0.727. The van der Waals surface area contributed by atoms with E-state index in [2.05, 4.69) is 15.3 Å². The first-order chi connectivity index (χ1) is 11.8. The van der Waals surface area contributed by atoms with Gasteiger partial charge in [-0.15, -0.1) is 5.10 Å². The Morgan fingerprint density at radius 2 is 2.04 bits per heavy atom. The molecular formula is C17H24N4O4. The van der Waals surface area contributed by atoms with Crippen molar-refractivity contribution in [3.8, 4) is 17.1 Å². The second-order valence-corrected chi connectivity index (χ2v) is 6.79. The molecule has 0 unspecified atom stereocenters. The lowest BCUT2D eigenvalue weighted by Gasteiger charge is -2.22. The highest BCUT2D eigenvalue weighted by atomic mass is 16.7. The first kappa shape index (κ1) is 17.8. The van der Waals surface area contributed by atoms with Crippen LogP contribution in [0.15, 0.2) is 24.5 Å². The summed E-state index contributed by atoms with van der Waals surface area (Å²) < 4.78 is 18.4. The number of aliphatic hydroxyl groups is 1. The van der Waals surface area contributed by atoms with Gasteiger partial charge in [-0.2, -0.15) is 0 Å². The van der Waals surface area contributed by atoms with Crippen LogP contribution in [0.5, 0.6) is 5.88 Å². The van der Waals surface area contributed by atoms with Gasteiger partial charge in [0, 0.05) is 17.8 Å². The van der Waals surface area contributed by atoms with Crippen molar-refractivity contribution in [2.45, 2.75) is 51.7 Å². The fourth-order valence-corrected chi connectivity index (χ4v) is 2.50. The first-order valence-corrected chi connectivity index (χ1v) is 8.35. The Balaban J connectivity index is 1.75. The van der Waals surface area contributed by atoms with Gasteiger partial charge in [-0.25, -0.2) is 9.67 Å². The van der Waals surface area contributed by atoms with Crippen molar-refractivity contribution in [2.24, 2.45) is 0 Å². The van der Waals surface area contributed by atoms with Gasteiger partial charge in [0.1, 0.15) is 17.8 Å². The predicted molar refractivity (Wildman–Crippen MR) is 90.0 cm³/mol. The summed E-state index contributed by atoms with van der Waals surface area (Å²) in [5.41, 5.74) is 1.49. The molecule has 136 valence electrons. The van der Waals surface area contributed by atoms with Crippen LogP contribution in [0.2, 0.25) is 0 Å². The summed E-state index contributed by atoms with van der Waals surface area (Å²) in [6, 6.07) is 3.32. The molecule has 1 fully saturated rings. The van der Waals surface area contributed by atoms with Crippen LogP contribution in [0, 0.1) is 0 Å². The quantitative estimate of drug-likeness (QED) is 0.901. The maximum Gasteiger partial charge on any atom is 0.213 e. The van der Waals surface area contributed by atoms with Crippen molar-refractivity contribution in [2.75, 3.05) is 13.2 Å². The maximum atomic E-state index is 10.3. The highest BCUT2D eigenvalue weighted by molar-refractivity contribution is 5.56. The van der Waals surface area contributed by atoms with E-state index in [1.165, 1.54) is 0 Å². The number of hydrogen-bond acceptors (Lipinski definition) is 7. The summed E-state index contributed by atoms with van der Waals surface area (Å²) >= 11 is 0. The monoisotopic (exact) mass is 348 g/mol. The Labute approximate surface area is 146 Å². The highest BCUT2D eigenvalue weighted by Crippen LogP contribution is 2.25. The standard InChI is InChI=1S/C17H24N4O4/c1-11(2)25-16-6-5-12(7-18-16)13-8-21(20-19-13)14-9-23-17(3,4)24-10-15(14)22/h5-8,11,14-15,22H,9-10H2,1-4H3/t14-,15-/m1/s1. The second-order valence-electron chi connectivity index (χ2n) is 6.79. The maximum absolute atomic E-state index is 10.3. The van der Waals surface area contributed by atoms with Gasteiger partial charge in [0.2, 0.25) is 5.88 Å². The summed E-state index contributed by atoms with van der Waals surface area (Å²) in [7, 11) is 0. The molecule has 8 nitrogen and oxygen atoms in total. The van der Waals surface area contributed by atoms with Gasteiger partial charge < -0.3 is 19.3 Å². The molecule has 2 aromatic rings. The van der Waals surface area contributed by atoms with Crippen LogP contribution in [-0.4, -0.2) is 56.3 Å². The van der Waals surface area contributed by atoms with Crippen LogP contribution in [0.1, 0.15) is 33.7 Å². The summed E-state index contributed by atoms with van der Waals surface area (Å²) in [6.07, 6.45) is 2.81. The smallest absolute Gasteiger partial charge is 0.213 e. The van der Waals surface area contributed by atoms with Crippen molar-refractivity contribution in [3.05, 3.63) is 24.5 Å². The zero-order chi connectivity index (χ0) is 18.0. The Morgan fingerprint density at radius 3 is 2.72 bits per heavy atom. The largest absolute Gasteiger partial charge is 0.475 e. The SMILES string of the molecule is CC(C)Oc1ccc(-c2cn([C@@H]3COC(C)(C)OC[C@H]3O)nn2)cn1. The number of ether oxygens (including phenoxy) is 3. The minimum Gasteiger partial charge on any atom is -0.475 e. The number of nitrogens with zero attached hydrogens (tertiary/aromatic N) is 4. The molecule has 0 spiro atoms. The third-order valence-corrected chi connectivity index (χ3v) is 3.89. The molecule has 0 radical (unpaired) electrons. The zero-order valence-electron chi connectivity index (χ0n) is 14.9. The molecule has 1 N–H and O–H groups in total. The van der Waals surface area contributed by atoms with Crippen molar-refractivity contribution in [1.29, 1.82) is 0 Å². The lowest BCUT2D eigenvalue weighted by atomic mass is 10.2. The van der Waals surface area contributed by atoms with Crippen LogP contribution >= 0.6 is 0 Å². The summed E-state index contributed by atoms with van der Waals surface area (Å²) in [5, 5.41) is 18.6. The Bertz CT molecular complexity index is 699. The normalized spacial score (nSPS) is 23.4. The minimum absolute atomic E-state index is 0.0717. The Hall–Kier alpha value is -2.03. The Kier molecular flexibility index (Phi) is 5.03. The van der Waals surface area contributed by atoms with E-state index in [1.807, 2.05) is 33.8 Å². The van der Waals surface area contributed by atoms with Crippen LogP contribution in [0.4, 0.5) is 0 Å². The van der Waals surface area contributed by atoms with E-state index in [0.717, 1.165) is 5.56 Å². The van der Waals surface area contributed by atoms with E-state index in [1.54, 1.807) is 23.1 Å². The molecule has 1 aliphatic rings. The molecular weight excluding hydrogens is 324 g/mol. The topological polar surface area (TPSA) is 91.5 Å². The fraction of sp³-hybridized carbons (Fsp3) is 0.588. The average Bonchev–Trinajstić information content (AvgIpc) is 2.98. The molecule has 3 rings (SSSR count). The van der Waals surface area contributed by atoms with Gasteiger partial charge in [0.05, 0.1) is 25.5 Å². The fourth-order valence-electron chi connectivity index (χ4n) is 2.50. The molecule has 8 heteroatoms.